The van der Waals surface area contributed by atoms with E-state index in [-0.39, 0.29) is 17.1 Å². The molecule has 3 heterocycles. The van der Waals surface area contributed by atoms with Crippen LogP contribution in [0.4, 0.5) is 5.69 Å². The highest BCUT2D eigenvalue weighted by atomic mass is 32.2. The van der Waals surface area contributed by atoms with Gasteiger partial charge in [-0.3, -0.25) is 14.9 Å². The Bertz CT molecular complexity index is 1230. The number of nitrogens with zero attached hydrogens (tertiary/aromatic N) is 6. The second kappa shape index (κ2) is 8.09. The number of nitro groups is 1. The molecule has 0 aliphatic heterocycles. The molecule has 10 nitrogen and oxygen atoms in total. The summed E-state index contributed by atoms with van der Waals surface area (Å²) in [6.45, 7) is 2.06. The van der Waals surface area contributed by atoms with Crippen LogP contribution >= 0.6 is 23.1 Å². The van der Waals surface area contributed by atoms with Gasteiger partial charge in [0.05, 0.1) is 10.6 Å². The number of fused-ring (bicyclic) bond motifs is 1. The number of non-ortho nitro benzene ring substituents is 1. The molecule has 0 spiro atoms. The Balaban J connectivity index is 1.48. The lowest BCUT2D eigenvalue weighted by Crippen LogP contribution is -2.15. The molecule has 4 aromatic rings. The first kappa shape index (κ1) is 19.2. The van der Waals surface area contributed by atoms with Crippen molar-refractivity contribution < 1.29 is 9.34 Å². The summed E-state index contributed by atoms with van der Waals surface area (Å²) < 4.78 is 6.92. The van der Waals surface area contributed by atoms with Crippen molar-refractivity contribution in [2.24, 2.45) is 0 Å². The highest BCUT2D eigenvalue weighted by molar-refractivity contribution is 7.98. The lowest BCUT2D eigenvalue weighted by Gasteiger charge is -1.97. The SMILES string of the molecule is CCCc1nn2c(=O)cc(CSc3nnc(-c4ccc([N+](=O)[O-])cc4)o3)nc2s1. The Hall–Kier alpha value is -3.12. The van der Waals surface area contributed by atoms with Gasteiger partial charge in [-0.2, -0.15) is 9.61 Å². The summed E-state index contributed by atoms with van der Waals surface area (Å²) in [6.07, 6.45) is 1.76. The highest BCUT2D eigenvalue weighted by Gasteiger charge is 2.13. The number of aromatic nitrogens is 5. The average Bonchev–Trinajstić information content (AvgIpc) is 3.34. The van der Waals surface area contributed by atoms with Gasteiger partial charge in [0.1, 0.15) is 5.01 Å². The molecule has 148 valence electrons. The number of aryl methyl sites for hydroxylation is 1. The first-order valence-corrected chi connectivity index (χ1v) is 10.4. The highest BCUT2D eigenvalue weighted by Crippen LogP contribution is 2.26. The van der Waals surface area contributed by atoms with Gasteiger partial charge < -0.3 is 4.42 Å². The van der Waals surface area contributed by atoms with Crippen LogP contribution < -0.4 is 5.56 Å². The standard InChI is InChI=1S/C17H14N6O4S2/c1-2-3-13-21-22-14(24)8-11(18-16(22)29-13)9-28-17-20-19-15(27-17)10-4-6-12(7-5-10)23(25)26/h4-8H,2-3,9H2,1H3. The van der Waals surface area contributed by atoms with E-state index >= 15 is 0 Å². The molecule has 12 heteroatoms. The van der Waals surface area contributed by atoms with Gasteiger partial charge in [0.15, 0.2) is 0 Å². The summed E-state index contributed by atoms with van der Waals surface area (Å²) in [5, 5.41) is 24.1. The third kappa shape index (κ3) is 4.17. The maximum Gasteiger partial charge on any atom is 0.277 e. The van der Waals surface area contributed by atoms with Crippen LogP contribution in [0.2, 0.25) is 0 Å². The van der Waals surface area contributed by atoms with Crippen LogP contribution in [0.5, 0.6) is 0 Å². The normalized spacial score (nSPS) is 11.2. The Morgan fingerprint density at radius 3 is 2.79 bits per heavy atom. The van der Waals surface area contributed by atoms with Crippen molar-refractivity contribution in [1.29, 1.82) is 0 Å². The van der Waals surface area contributed by atoms with Gasteiger partial charge in [0.2, 0.25) is 10.9 Å². The minimum Gasteiger partial charge on any atom is -0.411 e. The van der Waals surface area contributed by atoms with Crippen LogP contribution in [-0.4, -0.2) is 29.7 Å². The van der Waals surface area contributed by atoms with E-state index in [0.29, 0.717) is 27.2 Å². The molecule has 4 rings (SSSR count). The Morgan fingerprint density at radius 1 is 1.28 bits per heavy atom. The van der Waals surface area contributed by atoms with Crippen molar-refractivity contribution in [3.8, 4) is 11.5 Å². The minimum absolute atomic E-state index is 0.0132. The van der Waals surface area contributed by atoms with E-state index in [0.717, 1.165) is 17.8 Å². The molecule has 1 aromatic carbocycles. The molecule has 0 saturated carbocycles. The summed E-state index contributed by atoms with van der Waals surface area (Å²) in [5.74, 6) is 0.645. The maximum absolute atomic E-state index is 12.3. The number of thioether (sulfide) groups is 1. The van der Waals surface area contributed by atoms with Crippen molar-refractivity contribution in [3.05, 3.63) is 61.5 Å². The molecule has 0 radical (unpaired) electrons. The predicted molar refractivity (Wildman–Crippen MR) is 107 cm³/mol. The molecule has 0 saturated heterocycles. The quantitative estimate of drug-likeness (QED) is 0.246. The molecule has 0 bridgehead atoms. The summed E-state index contributed by atoms with van der Waals surface area (Å²) in [4.78, 5) is 27.6. The van der Waals surface area contributed by atoms with Gasteiger partial charge >= 0.3 is 0 Å². The third-order valence-corrected chi connectivity index (χ3v) is 5.70. The van der Waals surface area contributed by atoms with Crippen molar-refractivity contribution in [2.45, 2.75) is 30.7 Å². The first-order valence-electron chi connectivity index (χ1n) is 8.63. The van der Waals surface area contributed by atoms with Crippen molar-refractivity contribution in [1.82, 2.24) is 24.8 Å². The summed E-state index contributed by atoms with van der Waals surface area (Å²) in [6, 6.07) is 7.30. The van der Waals surface area contributed by atoms with E-state index in [9.17, 15) is 14.9 Å². The molecule has 3 aromatic heterocycles. The fourth-order valence-corrected chi connectivity index (χ4v) is 4.21. The van der Waals surface area contributed by atoms with Gasteiger partial charge in [0, 0.05) is 35.9 Å². The zero-order valence-corrected chi connectivity index (χ0v) is 16.8. The smallest absolute Gasteiger partial charge is 0.277 e. The second-order valence-electron chi connectivity index (χ2n) is 5.99. The second-order valence-corrected chi connectivity index (χ2v) is 7.96. The number of nitro benzene ring substituents is 1. The largest absolute Gasteiger partial charge is 0.411 e. The van der Waals surface area contributed by atoms with Gasteiger partial charge in [0.25, 0.3) is 16.5 Å². The molecule has 0 N–H and O–H groups in total. The van der Waals surface area contributed by atoms with E-state index in [2.05, 4.69) is 27.2 Å². The summed E-state index contributed by atoms with van der Waals surface area (Å²) >= 11 is 2.66. The molecule has 0 unspecified atom stereocenters. The number of hydrogen-bond acceptors (Lipinski definition) is 10. The van der Waals surface area contributed by atoms with Gasteiger partial charge in [-0.1, -0.05) is 30.0 Å². The third-order valence-electron chi connectivity index (χ3n) is 3.88. The number of rotatable bonds is 7. The van der Waals surface area contributed by atoms with Crippen molar-refractivity contribution >= 4 is 33.7 Å². The Morgan fingerprint density at radius 2 is 2.07 bits per heavy atom. The van der Waals surface area contributed by atoms with Crippen LogP contribution in [0.25, 0.3) is 16.4 Å². The predicted octanol–water partition coefficient (Wildman–Crippen LogP) is 3.35. The monoisotopic (exact) mass is 430 g/mol. The van der Waals surface area contributed by atoms with Crippen LogP contribution in [0, 0.1) is 10.1 Å². The van der Waals surface area contributed by atoms with Crippen LogP contribution in [0.3, 0.4) is 0 Å². The van der Waals surface area contributed by atoms with Gasteiger partial charge in [-0.25, -0.2) is 4.98 Å². The zero-order valence-electron chi connectivity index (χ0n) is 15.1. The molecule has 29 heavy (non-hydrogen) atoms. The van der Waals surface area contributed by atoms with Crippen LogP contribution in [-0.2, 0) is 12.2 Å². The van der Waals surface area contributed by atoms with Crippen LogP contribution in [0.15, 0.2) is 44.8 Å². The minimum atomic E-state index is -0.473. The zero-order chi connectivity index (χ0) is 20.4. The van der Waals surface area contributed by atoms with Gasteiger partial charge in [-0.15, -0.1) is 10.2 Å². The maximum atomic E-state index is 12.3. The van der Waals surface area contributed by atoms with E-state index in [4.69, 9.17) is 4.42 Å². The number of benzene rings is 1. The molecule has 0 aliphatic carbocycles. The first-order chi connectivity index (χ1) is 14.0. The van der Waals surface area contributed by atoms with E-state index in [1.54, 1.807) is 12.1 Å². The van der Waals surface area contributed by atoms with E-state index < -0.39 is 4.92 Å². The molecule has 0 aliphatic rings. The fraction of sp³-hybridized carbons (Fsp3) is 0.235. The Kier molecular flexibility index (Phi) is 5.36. The molecular weight excluding hydrogens is 416 g/mol. The van der Waals surface area contributed by atoms with Crippen LogP contribution in [0.1, 0.15) is 24.0 Å². The number of hydrogen-bond donors (Lipinski definition) is 0. The molecule has 0 atom stereocenters. The average molecular weight is 430 g/mol. The summed E-state index contributed by atoms with van der Waals surface area (Å²) in [7, 11) is 0. The Labute approximate surface area is 171 Å². The van der Waals surface area contributed by atoms with Crippen molar-refractivity contribution in [3.63, 3.8) is 0 Å². The van der Waals surface area contributed by atoms with E-state index in [1.165, 1.54) is 45.8 Å². The fourth-order valence-electron chi connectivity index (χ4n) is 2.53. The van der Waals surface area contributed by atoms with Gasteiger partial charge in [-0.05, 0) is 18.6 Å². The lowest BCUT2D eigenvalue weighted by molar-refractivity contribution is -0.384. The lowest BCUT2D eigenvalue weighted by atomic mass is 10.2. The topological polar surface area (TPSA) is 129 Å². The molecule has 0 fully saturated rings. The van der Waals surface area contributed by atoms with E-state index in [1.807, 2.05) is 0 Å². The van der Waals surface area contributed by atoms with Crippen molar-refractivity contribution in [2.75, 3.05) is 0 Å². The summed E-state index contributed by atoms with van der Waals surface area (Å²) in [5.41, 5.74) is 0.949. The molecular formula is C17H14N6O4S2. The molecule has 0 amide bonds.